The van der Waals surface area contributed by atoms with Gasteiger partial charge in [0.2, 0.25) is 0 Å². The number of hydrogen-bond acceptors (Lipinski definition) is 3. The molecule has 0 radical (unpaired) electrons. The van der Waals surface area contributed by atoms with Crippen molar-refractivity contribution in [2.24, 2.45) is 0 Å². The lowest BCUT2D eigenvalue weighted by molar-refractivity contribution is -0.0979. The van der Waals surface area contributed by atoms with Crippen LogP contribution in [0.5, 0.6) is 5.75 Å². The van der Waals surface area contributed by atoms with Crippen LogP contribution in [0.1, 0.15) is 16.7 Å². The highest BCUT2D eigenvalue weighted by molar-refractivity contribution is 5.49. The first-order chi connectivity index (χ1) is 7.70. The van der Waals surface area contributed by atoms with E-state index in [1.807, 2.05) is 32.8 Å². The average Bonchev–Trinajstić information content (AvgIpc) is 2.34. The first-order valence-corrected chi connectivity index (χ1v) is 4.82. The Morgan fingerprint density at radius 2 is 1.94 bits per heavy atom. The monoisotopic (exact) mass is 220 g/mol. The van der Waals surface area contributed by atoms with Gasteiger partial charge in [-0.1, -0.05) is 6.07 Å². The minimum absolute atomic E-state index is 0.639. The lowest BCUT2D eigenvalue weighted by Crippen LogP contribution is -1.95. The number of benzene rings is 1. The fourth-order valence-corrected chi connectivity index (χ4v) is 1.45. The topological polar surface area (TPSA) is 43.4 Å². The molecule has 3 nitrogen and oxygen atoms in total. The molecule has 0 aromatic heterocycles. The van der Waals surface area contributed by atoms with Gasteiger partial charge < -0.3 is 9.53 Å². The molecule has 0 aliphatic carbocycles. The summed E-state index contributed by atoms with van der Waals surface area (Å²) in [6.07, 6.45) is 2.13. The Labute approximate surface area is 95.7 Å². The Bertz CT molecular complexity index is 390. The summed E-state index contributed by atoms with van der Waals surface area (Å²) in [5, 5.41) is 0. The second kappa shape index (κ2) is 7.43. The molecule has 1 aromatic rings. The Morgan fingerprint density at radius 3 is 2.44 bits per heavy atom. The van der Waals surface area contributed by atoms with Crippen molar-refractivity contribution in [3.63, 3.8) is 0 Å². The largest absolute Gasteiger partial charge is 0.496 e. The molecule has 0 fully saturated rings. The Kier molecular flexibility index (Phi) is 6.57. The zero-order valence-electron chi connectivity index (χ0n) is 9.87. The van der Waals surface area contributed by atoms with Crippen LogP contribution in [0.2, 0.25) is 0 Å². The molecule has 0 amide bonds. The van der Waals surface area contributed by atoms with Crippen molar-refractivity contribution in [1.82, 2.24) is 0 Å². The third-order valence-corrected chi connectivity index (χ3v) is 2.47. The van der Waals surface area contributed by atoms with Crippen molar-refractivity contribution >= 4 is 12.7 Å². The highest BCUT2D eigenvalue weighted by Gasteiger charge is 2.04. The summed E-state index contributed by atoms with van der Waals surface area (Å²) in [5.41, 5.74) is 3.45. The molecule has 3 heteroatoms. The second-order valence-corrected chi connectivity index (χ2v) is 3.20. The van der Waals surface area contributed by atoms with Crippen LogP contribution in [-0.4, -0.2) is 19.8 Å². The van der Waals surface area contributed by atoms with Gasteiger partial charge in [0.15, 0.2) is 0 Å². The van der Waals surface area contributed by atoms with Gasteiger partial charge in [0.05, 0.1) is 7.11 Å². The van der Waals surface area contributed by atoms with E-state index in [9.17, 15) is 4.79 Å². The van der Waals surface area contributed by atoms with Gasteiger partial charge in [0.1, 0.15) is 18.5 Å². The molecule has 0 saturated carbocycles. The lowest BCUT2D eigenvalue weighted by Gasteiger charge is -2.10. The fourth-order valence-electron chi connectivity index (χ4n) is 1.45. The van der Waals surface area contributed by atoms with E-state index in [2.05, 4.69) is 0 Å². The summed E-state index contributed by atoms with van der Waals surface area (Å²) in [7, 11) is 1.66. The summed E-state index contributed by atoms with van der Waals surface area (Å²) in [6, 6.07) is 3.91. The second-order valence-electron chi connectivity index (χ2n) is 3.20. The van der Waals surface area contributed by atoms with Gasteiger partial charge in [-0.05, 0) is 36.6 Å². The Hall–Kier alpha value is -1.86. The van der Waals surface area contributed by atoms with Crippen molar-refractivity contribution in [1.29, 1.82) is 0 Å². The molecule has 0 saturated heterocycles. The lowest BCUT2D eigenvalue weighted by atomic mass is 10.0. The van der Waals surface area contributed by atoms with E-state index in [0.29, 0.717) is 6.42 Å². The van der Waals surface area contributed by atoms with Crippen molar-refractivity contribution < 1.29 is 14.3 Å². The summed E-state index contributed by atoms with van der Waals surface area (Å²) < 4.78 is 5.20. The highest BCUT2D eigenvalue weighted by atomic mass is 16.5. The minimum Gasteiger partial charge on any atom is -0.496 e. The van der Waals surface area contributed by atoms with Gasteiger partial charge in [-0.3, -0.25) is 0 Å². The number of rotatable bonds is 3. The number of allylic oxidation sites excluding steroid dienone is 1. The summed E-state index contributed by atoms with van der Waals surface area (Å²) in [6.45, 7) is 6.05. The van der Waals surface area contributed by atoms with Crippen LogP contribution in [0.15, 0.2) is 18.2 Å². The molecule has 1 aromatic carbocycles. The molecule has 0 bridgehead atoms. The van der Waals surface area contributed by atoms with Crippen LogP contribution < -0.4 is 4.74 Å². The Morgan fingerprint density at radius 1 is 1.31 bits per heavy atom. The van der Waals surface area contributed by atoms with Crippen molar-refractivity contribution in [2.75, 3.05) is 7.11 Å². The number of carbonyl (C=O) groups is 1. The van der Waals surface area contributed by atoms with Gasteiger partial charge in [-0.2, -0.15) is 0 Å². The maximum absolute atomic E-state index is 10.1. The van der Waals surface area contributed by atoms with E-state index < -0.39 is 0 Å². The van der Waals surface area contributed by atoms with Gasteiger partial charge in [0.25, 0.3) is 0 Å². The zero-order chi connectivity index (χ0) is 12.6. The molecule has 0 unspecified atom stereocenters. The SMILES string of the molecule is C=O.COc1ccc(CC=C=O)c(C)c1C. The molecular formula is C13H16O3. The summed E-state index contributed by atoms with van der Waals surface area (Å²) in [5.74, 6) is 2.68. The van der Waals surface area contributed by atoms with Crippen LogP contribution in [0.25, 0.3) is 0 Å². The van der Waals surface area contributed by atoms with Crippen LogP contribution in [0.4, 0.5) is 0 Å². The molecule has 0 aliphatic heterocycles. The molecule has 86 valence electrons. The van der Waals surface area contributed by atoms with E-state index in [4.69, 9.17) is 9.53 Å². The third kappa shape index (κ3) is 3.37. The number of ether oxygens (including phenoxy) is 1. The normalized spacial score (nSPS) is 8.44. The van der Waals surface area contributed by atoms with Crippen LogP contribution in [-0.2, 0) is 16.0 Å². The minimum atomic E-state index is 0.639. The number of hydrogen-bond donors (Lipinski definition) is 0. The van der Waals surface area contributed by atoms with E-state index >= 15 is 0 Å². The molecule has 0 spiro atoms. The van der Waals surface area contributed by atoms with Crippen molar-refractivity contribution in [2.45, 2.75) is 20.3 Å². The first-order valence-electron chi connectivity index (χ1n) is 4.82. The summed E-state index contributed by atoms with van der Waals surface area (Å²) >= 11 is 0. The van der Waals surface area contributed by atoms with E-state index in [-0.39, 0.29) is 0 Å². The summed E-state index contributed by atoms with van der Waals surface area (Å²) in [4.78, 5) is 18.1. The van der Waals surface area contributed by atoms with Gasteiger partial charge >= 0.3 is 0 Å². The standard InChI is InChI=1S/C12H14O2.CH2O/c1-9-10(2)12(14-3)7-6-11(9)5-4-8-13;1-2/h4,6-7H,5H2,1-3H3;1H2. The highest BCUT2D eigenvalue weighted by Crippen LogP contribution is 2.24. The van der Waals surface area contributed by atoms with Crippen LogP contribution in [0.3, 0.4) is 0 Å². The van der Waals surface area contributed by atoms with Crippen LogP contribution in [0, 0.1) is 13.8 Å². The molecular weight excluding hydrogens is 204 g/mol. The van der Waals surface area contributed by atoms with Gasteiger partial charge in [-0.25, -0.2) is 4.79 Å². The third-order valence-electron chi connectivity index (χ3n) is 2.47. The van der Waals surface area contributed by atoms with Gasteiger partial charge in [-0.15, -0.1) is 0 Å². The fraction of sp³-hybridized carbons (Fsp3) is 0.308. The number of methoxy groups -OCH3 is 1. The maximum Gasteiger partial charge on any atom is 0.122 e. The molecule has 0 N–H and O–H groups in total. The molecule has 1 rings (SSSR count). The van der Waals surface area contributed by atoms with Gasteiger partial charge in [0, 0.05) is 12.5 Å². The van der Waals surface area contributed by atoms with Crippen LogP contribution >= 0.6 is 0 Å². The van der Waals surface area contributed by atoms with E-state index in [1.165, 1.54) is 11.6 Å². The van der Waals surface area contributed by atoms with E-state index in [0.717, 1.165) is 16.9 Å². The molecule has 16 heavy (non-hydrogen) atoms. The Balaban J connectivity index is 0.00000106. The number of carbonyl (C=O) groups excluding carboxylic acids is 2. The smallest absolute Gasteiger partial charge is 0.122 e. The average molecular weight is 220 g/mol. The maximum atomic E-state index is 10.1. The predicted molar refractivity (Wildman–Crippen MR) is 63.6 cm³/mol. The first kappa shape index (κ1) is 14.1. The van der Waals surface area contributed by atoms with E-state index in [1.54, 1.807) is 13.1 Å². The molecule has 0 heterocycles. The van der Waals surface area contributed by atoms with Crippen molar-refractivity contribution in [3.8, 4) is 5.75 Å². The molecule has 0 aliphatic rings. The van der Waals surface area contributed by atoms with Crippen molar-refractivity contribution in [3.05, 3.63) is 34.9 Å². The molecule has 0 atom stereocenters. The quantitative estimate of drug-likeness (QED) is 0.732. The zero-order valence-corrected chi connectivity index (χ0v) is 9.87. The predicted octanol–water partition coefficient (Wildman–Crippen LogP) is 2.06.